The first-order chi connectivity index (χ1) is 13.1. The number of hydrogen-bond acceptors (Lipinski definition) is 1. The van der Waals surface area contributed by atoms with E-state index < -0.39 is 8.84 Å². The van der Waals surface area contributed by atoms with E-state index in [1.165, 1.54) is 59.9 Å². The van der Waals surface area contributed by atoms with Crippen LogP contribution in [0.3, 0.4) is 0 Å². The van der Waals surface area contributed by atoms with Crippen molar-refractivity contribution in [3.8, 4) is 11.1 Å². The molecule has 1 fully saturated rings. The third kappa shape index (κ3) is 4.32. The molecule has 4 heteroatoms. The Balaban J connectivity index is 0.00000225. The maximum absolute atomic E-state index is 13.2. The van der Waals surface area contributed by atoms with Gasteiger partial charge in [-0.2, -0.15) is 0 Å². The fourth-order valence-corrected chi connectivity index (χ4v) is 6.60. The second kappa shape index (κ2) is 9.47. The van der Waals surface area contributed by atoms with E-state index >= 15 is 0 Å². The Bertz CT molecular complexity index is 858. The molecule has 1 unspecified atom stereocenters. The smallest absolute Gasteiger partial charge is 0.377 e. The molecule has 1 saturated carbocycles. The van der Waals surface area contributed by atoms with Gasteiger partial charge < -0.3 is 9.03 Å². The van der Waals surface area contributed by atoms with Crippen molar-refractivity contribution in [2.45, 2.75) is 57.0 Å². The first kappa shape index (κ1) is 21.4. The van der Waals surface area contributed by atoms with Crippen molar-refractivity contribution in [2.24, 2.45) is 0 Å². The van der Waals surface area contributed by atoms with Crippen LogP contribution in [0.2, 0.25) is 6.04 Å². The molecule has 1 atom stereocenters. The first-order valence-electron chi connectivity index (χ1n) is 10.3. The molecule has 0 heterocycles. The van der Waals surface area contributed by atoms with Gasteiger partial charge in [0, 0.05) is 25.1 Å². The van der Waals surface area contributed by atoms with Gasteiger partial charge in [0.2, 0.25) is 0 Å². The number of fused-ring (bicyclic) bond motifs is 1. The molecule has 0 bridgehead atoms. The molecule has 142 valence electrons. The van der Waals surface area contributed by atoms with Crippen LogP contribution in [0.25, 0.3) is 17.2 Å². The van der Waals surface area contributed by atoms with E-state index in [4.69, 9.17) is 0 Å². The van der Waals surface area contributed by atoms with Crippen molar-refractivity contribution < 1.29 is 26.2 Å². The molecule has 0 radical (unpaired) electrons. The van der Waals surface area contributed by atoms with Crippen LogP contribution in [0, 0.1) is 0 Å². The summed E-state index contributed by atoms with van der Waals surface area (Å²) in [4.78, 5) is 0. The summed E-state index contributed by atoms with van der Waals surface area (Å²) in [7, 11) is 0.332. The molecule has 4 rings (SSSR count). The van der Waals surface area contributed by atoms with E-state index in [2.05, 4.69) is 73.1 Å². The summed E-state index contributed by atoms with van der Waals surface area (Å²) in [5.41, 5.74) is 6.57. The number of nitrogens with zero attached hydrogens (tertiary/aromatic N) is 1. The molecule has 0 amide bonds. The van der Waals surface area contributed by atoms with Crippen LogP contribution >= 0.6 is 0 Å². The molecule has 0 N–H and O–H groups in total. The van der Waals surface area contributed by atoms with Gasteiger partial charge in [0.15, 0.2) is 0 Å². The second-order valence-electron chi connectivity index (χ2n) is 8.12. The van der Waals surface area contributed by atoms with Gasteiger partial charge in [0.25, 0.3) is 0 Å². The molecule has 2 aromatic carbocycles. The molecule has 2 aliphatic rings. The molecule has 2 nitrogen and oxygen atoms in total. The molecule has 2 aromatic rings. The topological polar surface area (TPSA) is 20.3 Å². The van der Waals surface area contributed by atoms with Crippen molar-refractivity contribution in [1.82, 2.24) is 4.57 Å². The quantitative estimate of drug-likeness (QED) is 0.547. The molecule has 28 heavy (non-hydrogen) atoms. The summed E-state index contributed by atoms with van der Waals surface area (Å²) in [6, 6.07) is 18.5. The Morgan fingerprint density at radius 3 is 2.43 bits per heavy atom. The van der Waals surface area contributed by atoms with E-state index in [1.54, 1.807) is 0 Å². The molecular weight excluding hydrogens is 394 g/mol. The number of hydrogen-bond donors (Lipinski definition) is 0. The predicted octanol–water partition coefficient (Wildman–Crippen LogP) is 6.03. The largest absolute Gasteiger partial charge is 2.00 e. The predicted molar refractivity (Wildman–Crippen MR) is 114 cm³/mol. The van der Waals surface area contributed by atoms with E-state index in [9.17, 15) is 4.46 Å². The maximum atomic E-state index is 13.2. The molecule has 0 aliphatic heterocycles. The zero-order valence-corrected chi connectivity index (χ0v) is 19.5. The zero-order valence-electron chi connectivity index (χ0n) is 16.9. The second-order valence-corrected chi connectivity index (χ2v) is 10.0. The Morgan fingerprint density at radius 2 is 1.71 bits per heavy atom. The van der Waals surface area contributed by atoms with Gasteiger partial charge in [-0.05, 0) is 42.0 Å². The van der Waals surface area contributed by atoms with Gasteiger partial charge >= 0.3 is 30.6 Å². The van der Waals surface area contributed by atoms with Crippen LogP contribution in [0.1, 0.15) is 56.1 Å². The fraction of sp³-hybridized carbons (Fsp3) is 0.417. The average Bonchev–Trinajstić information content (AvgIpc) is 3.04. The van der Waals surface area contributed by atoms with Crippen LogP contribution in [-0.2, 0) is 26.2 Å². The van der Waals surface area contributed by atoms with Crippen molar-refractivity contribution in [1.29, 1.82) is 0 Å². The standard InChI is InChI=1S/C24H29NOSi.Ti/c1-18-16-23-21(19-10-5-3-6-11-19)14-9-15-22(23)24(18)17-27(26)25(2)20-12-7-4-8-13-20;/h3,5-6,9-11,14-16,20,24H,4,7-8,12-13,17H2,1-2H3;/q;+2. The van der Waals surface area contributed by atoms with Crippen molar-refractivity contribution >= 4 is 14.9 Å². The Kier molecular flexibility index (Phi) is 7.25. The van der Waals surface area contributed by atoms with Crippen LogP contribution < -0.4 is 0 Å². The normalized spacial score (nSPS) is 18.8. The third-order valence-corrected chi connectivity index (χ3v) is 8.33. The monoisotopic (exact) mass is 423 g/mol. The maximum Gasteiger partial charge on any atom is 2.00 e. The minimum absolute atomic E-state index is 0. The summed E-state index contributed by atoms with van der Waals surface area (Å²) < 4.78 is 15.4. The number of allylic oxidation sites excluding steroid dienone is 1. The Labute approximate surface area is 185 Å². The van der Waals surface area contributed by atoms with Gasteiger partial charge in [-0.3, -0.25) is 0 Å². The summed E-state index contributed by atoms with van der Waals surface area (Å²) in [6.45, 7) is 2.20. The molecule has 0 spiro atoms. The minimum atomic E-state index is -1.76. The molecular formula is C24H29NOSiTi+2. The number of benzene rings is 2. The van der Waals surface area contributed by atoms with E-state index in [1.807, 2.05) is 0 Å². The number of rotatable bonds is 5. The summed E-state index contributed by atoms with van der Waals surface area (Å²) in [5, 5.41) is 0. The summed E-state index contributed by atoms with van der Waals surface area (Å²) in [5.74, 6) is 0.293. The van der Waals surface area contributed by atoms with E-state index in [0.29, 0.717) is 12.0 Å². The molecule has 0 aromatic heterocycles. The van der Waals surface area contributed by atoms with Crippen LogP contribution in [0.4, 0.5) is 0 Å². The van der Waals surface area contributed by atoms with Crippen LogP contribution in [0.15, 0.2) is 54.1 Å². The SMILES string of the molecule is CC1=Cc2c(-c3ccccc3)cccc2C1C[Si](=O)N(C)C1CCCCC1.[Ti+2]. The van der Waals surface area contributed by atoms with Gasteiger partial charge in [-0.1, -0.05) is 79.4 Å². The van der Waals surface area contributed by atoms with Crippen molar-refractivity contribution in [3.05, 3.63) is 65.2 Å². The van der Waals surface area contributed by atoms with Gasteiger partial charge in [-0.25, -0.2) is 0 Å². The van der Waals surface area contributed by atoms with E-state index in [0.717, 1.165) is 6.04 Å². The van der Waals surface area contributed by atoms with Gasteiger partial charge in [0.1, 0.15) is 0 Å². The molecule has 0 saturated heterocycles. The van der Waals surface area contributed by atoms with Crippen molar-refractivity contribution in [2.75, 3.05) is 7.05 Å². The zero-order chi connectivity index (χ0) is 18.8. The molecule has 2 aliphatic carbocycles. The van der Waals surface area contributed by atoms with Gasteiger partial charge in [-0.15, -0.1) is 0 Å². The Hall–Kier alpha value is -1.29. The fourth-order valence-electron chi connectivity index (χ4n) is 4.75. The minimum Gasteiger partial charge on any atom is -0.377 e. The Morgan fingerprint density at radius 1 is 1.00 bits per heavy atom. The summed E-state index contributed by atoms with van der Waals surface area (Å²) in [6.07, 6.45) is 8.65. The first-order valence-corrected chi connectivity index (χ1v) is 11.8. The van der Waals surface area contributed by atoms with Crippen LogP contribution in [0.5, 0.6) is 0 Å². The average molecular weight is 423 g/mol. The third-order valence-electron chi connectivity index (χ3n) is 6.42. The summed E-state index contributed by atoms with van der Waals surface area (Å²) >= 11 is 0. The van der Waals surface area contributed by atoms with E-state index in [-0.39, 0.29) is 21.7 Å². The van der Waals surface area contributed by atoms with Crippen molar-refractivity contribution in [3.63, 3.8) is 0 Å². The van der Waals surface area contributed by atoms with Crippen LogP contribution in [-0.4, -0.2) is 26.5 Å². The van der Waals surface area contributed by atoms with Gasteiger partial charge in [0.05, 0.1) is 0 Å².